The first-order chi connectivity index (χ1) is 12.2. The summed E-state index contributed by atoms with van der Waals surface area (Å²) in [6, 6.07) is 11.9. The molecular weight excluding hydrogens is 318 g/mol. The minimum atomic E-state index is 0.111. The fraction of sp³-hybridized carbons (Fsp3) is 0.350. The van der Waals surface area contributed by atoms with E-state index in [0.717, 1.165) is 34.8 Å². The van der Waals surface area contributed by atoms with E-state index in [4.69, 9.17) is 14.2 Å². The molecule has 2 aliphatic heterocycles. The fourth-order valence-corrected chi connectivity index (χ4v) is 3.58. The highest BCUT2D eigenvalue weighted by Gasteiger charge is 2.29. The molecule has 0 radical (unpaired) electrons. The predicted molar refractivity (Wildman–Crippen MR) is 93.0 cm³/mol. The number of carbonyl (C=O) groups is 1. The zero-order chi connectivity index (χ0) is 17.4. The van der Waals surface area contributed by atoms with E-state index in [9.17, 15) is 4.79 Å². The third-order valence-electron chi connectivity index (χ3n) is 4.94. The third-order valence-corrected chi connectivity index (χ3v) is 4.94. The molecule has 2 aliphatic rings. The first-order valence-corrected chi connectivity index (χ1v) is 8.48. The second-order valence-electron chi connectivity index (χ2n) is 6.54. The Morgan fingerprint density at radius 3 is 2.68 bits per heavy atom. The largest absolute Gasteiger partial charge is 0.496 e. The van der Waals surface area contributed by atoms with Gasteiger partial charge in [0, 0.05) is 18.2 Å². The number of hydrogen-bond acceptors (Lipinski definition) is 4. The number of methoxy groups -OCH3 is 1. The summed E-state index contributed by atoms with van der Waals surface area (Å²) in [7, 11) is 1.63. The number of para-hydroxylation sites is 1. The molecule has 0 aromatic heterocycles. The number of hydrogen-bond donors (Lipinski definition) is 0. The molecular formula is C20H21NO4. The molecule has 1 amide bonds. The molecule has 5 heteroatoms. The fourth-order valence-electron chi connectivity index (χ4n) is 3.58. The summed E-state index contributed by atoms with van der Waals surface area (Å²) < 4.78 is 16.3. The second kappa shape index (κ2) is 6.31. The maximum Gasteiger partial charge on any atom is 0.231 e. The van der Waals surface area contributed by atoms with Gasteiger partial charge < -0.3 is 19.1 Å². The van der Waals surface area contributed by atoms with E-state index < -0.39 is 0 Å². The molecule has 0 aliphatic carbocycles. The number of benzene rings is 2. The van der Waals surface area contributed by atoms with Crippen LogP contribution in [-0.2, 0) is 24.2 Å². The number of nitrogens with zero attached hydrogens (tertiary/aromatic N) is 1. The molecule has 4 rings (SSSR count). The number of rotatable bonds is 3. The lowest BCUT2D eigenvalue weighted by atomic mass is 9.93. The molecule has 25 heavy (non-hydrogen) atoms. The summed E-state index contributed by atoms with van der Waals surface area (Å²) in [5.41, 5.74) is 3.28. The monoisotopic (exact) mass is 339 g/mol. The van der Waals surface area contributed by atoms with Crippen molar-refractivity contribution >= 4 is 5.91 Å². The van der Waals surface area contributed by atoms with Crippen LogP contribution >= 0.6 is 0 Å². The first kappa shape index (κ1) is 15.8. The molecule has 130 valence electrons. The van der Waals surface area contributed by atoms with Gasteiger partial charge in [-0.1, -0.05) is 18.2 Å². The summed E-state index contributed by atoms with van der Waals surface area (Å²) in [4.78, 5) is 14.8. The number of ether oxygens (including phenoxy) is 3. The van der Waals surface area contributed by atoms with E-state index in [-0.39, 0.29) is 18.7 Å². The van der Waals surface area contributed by atoms with Gasteiger partial charge in [0.15, 0.2) is 11.5 Å². The van der Waals surface area contributed by atoms with Gasteiger partial charge in [-0.05, 0) is 42.7 Å². The van der Waals surface area contributed by atoms with E-state index in [0.29, 0.717) is 13.0 Å². The Balaban J connectivity index is 1.56. The number of fused-ring (bicyclic) bond motifs is 2. The molecule has 2 aromatic carbocycles. The smallest absolute Gasteiger partial charge is 0.231 e. The van der Waals surface area contributed by atoms with Crippen LogP contribution in [0.25, 0.3) is 0 Å². The van der Waals surface area contributed by atoms with Crippen molar-refractivity contribution in [2.24, 2.45) is 0 Å². The van der Waals surface area contributed by atoms with Gasteiger partial charge in [-0.25, -0.2) is 0 Å². The van der Waals surface area contributed by atoms with Crippen molar-refractivity contribution in [3.63, 3.8) is 0 Å². The molecule has 0 saturated heterocycles. The van der Waals surface area contributed by atoms with Crippen LogP contribution in [0.3, 0.4) is 0 Å². The molecule has 0 saturated carbocycles. The predicted octanol–water partition coefficient (Wildman–Crippen LogP) is 2.94. The maximum atomic E-state index is 12.9. The van der Waals surface area contributed by atoms with Crippen LogP contribution in [0.1, 0.15) is 23.6 Å². The third kappa shape index (κ3) is 2.90. The molecule has 0 bridgehead atoms. The average molecular weight is 339 g/mol. The van der Waals surface area contributed by atoms with Gasteiger partial charge in [0.1, 0.15) is 5.75 Å². The molecule has 5 nitrogen and oxygen atoms in total. The molecule has 1 unspecified atom stereocenters. The summed E-state index contributed by atoms with van der Waals surface area (Å²) >= 11 is 0. The van der Waals surface area contributed by atoms with Crippen molar-refractivity contribution in [2.45, 2.75) is 32.4 Å². The Morgan fingerprint density at radius 1 is 1.20 bits per heavy atom. The van der Waals surface area contributed by atoms with Crippen LogP contribution in [0, 0.1) is 0 Å². The van der Waals surface area contributed by atoms with Crippen LogP contribution in [-0.4, -0.2) is 30.8 Å². The van der Waals surface area contributed by atoms with E-state index in [1.165, 1.54) is 5.56 Å². The SMILES string of the molecule is COc1ccccc1CC(=O)N1Cc2cc3c(cc2CC1C)OCO3. The molecule has 0 spiro atoms. The molecule has 0 fully saturated rings. The number of carbonyl (C=O) groups excluding carboxylic acids is 1. The van der Waals surface area contributed by atoms with Crippen molar-refractivity contribution in [1.29, 1.82) is 0 Å². The van der Waals surface area contributed by atoms with E-state index >= 15 is 0 Å². The van der Waals surface area contributed by atoms with Gasteiger partial charge in [-0.2, -0.15) is 0 Å². The van der Waals surface area contributed by atoms with Crippen molar-refractivity contribution in [1.82, 2.24) is 4.90 Å². The van der Waals surface area contributed by atoms with Gasteiger partial charge in [0.2, 0.25) is 12.7 Å². The maximum absolute atomic E-state index is 12.9. The van der Waals surface area contributed by atoms with E-state index in [1.54, 1.807) is 7.11 Å². The topological polar surface area (TPSA) is 48.0 Å². The highest BCUT2D eigenvalue weighted by atomic mass is 16.7. The zero-order valence-electron chi connectivity index (χ0n) is 14.5. The van der Waals surface area contributed by atoms with Crippen molar-refractivity contribution < 1.29 is 19.0 Å². The Labute approximate surface area is 147 Å². The van der Waals surface area contributed by atoms with Crippen LogP contribution in [0.4, 0.5) is 0 Å². The lowest BCUT2D eigenvalue weighted by Gasteiger charge is -2.35. The van der Waals surface area contributed by atoms with Gasteiger partial charge in [0.25, 0.3) is 0 Å². The minimum absolute atomic E-state index is 0.111. The van der Waals surface area contributed by atoms with E-state index in [2.05, 4.69) is 13.0 Å². The lowest BCUT2D eigenvalue weighted by Crippen LogP contribution is -2.43. The van der Waals surface area contributed by atoms with Gasteiger partial charge in [-0.3, -0.25) is 4.79 Å². The molecule has 0 N–H and O–H groups in total. The van der Waals surface area contributed by atoms with Crippen LogP contribution in [0.5, 0.6) is 17.2 Å². The van der Waals surface area contributed by atoms with Crippen molar-refractivity contribution in [3.05, 3.63) is 53.1 Å². The lowest BCUT2D eigenvalue weighted by molar-refractivity contribution is -0.133. The van der Waals surface area contributed by atoms with Gasteiger partial charge in [-0.15, -0.1) is 0 Å². The molecule has 2 heterocycles. The quantitative estimate of drug-likeness (QED) is 0.863. The average Bonchev–Trinajstić information content (AvgIpc) is 3.06. The molecule has 1 atom stereocenters. The Bertz CT molecular complexity index is 817. The zero-order valence-corrected chi connectivity index (χ0v) is 14.5. The van der Waals surface area contributed by atoms with Gasteiger partial charge >= 0.3 is 0 Å². The standard InChI is InChI=1S/C20H21NO4/c1-13-7-15-8-18-19(25-12-24-18)9-16(15)11-21(13)20(22)10-14-5-3-4-6-17(14)23-2/h3-6,8-9,13H,7,10-12H2,1-2H3. The van der Waals surface area contributed by atoms with Crippen LogP contribution in [0.2, 0.25) is 0 Å². The summed E-state index contributed by atoms with van der Waals surface area (Å²) in [6.07, 6.45) is 1.16. The Hall–Kier alpha value is -2.69. The van der Waals surface area contributed by atoms with Gasteiger partial charge in [0.05, 0.1) is 13.5 Å². The van der Waals surface area contributed by atoms with Crippen LogP contribution < -0.4 is 14.2 Å². The highest BCUT2D eigenvalue weighted by Crippen LogP contribution is 2.38. The summed E-state index contributed by atoms with van der Waals surface area (Å²) in [5.74, 6) is 2.44. The normalized spacial score (nSPS) is 18.0. The summed E-state index contributed by atoms with van der Waals surface area (Å²) in [6.45, 7) is 2.96. The Morgan fingerprint density at radius 2 is 1.92 bits per heavy atom. The highest BCUT2D eigenvalue weighted by molar-refractivity contribution is 5.80. The summed E-state index contributed by atoms with van der Waals surface area (Å²) in [5, 5.41) is 0. The minimum Gasteiger partial charge on any atom is -0.496 e. The van der Waals surface area contributed by atoms with Crippen molar-refractivity contribution in [3.8, 4) is 17.2 Å². The number of amides is 1. The van der Waals surface area contributed by atoms with E-state index in [1.807, 2.05) is 35.2 Å². The van der Waals surface area contributed by atoms with Crippen molar-refractivity contribution in [2.75, 3.05) is 13.9 Å². The molecule has 2 aromatic rings. The Kier molecular flexibility index (Phi) is 3.99. The van der Waals surface area contributed by atoms with Crippen LogP contribution in [0.15, 0.2) is 36.4 Å². The first-order valence-electron chi connectivity index (χ1n) is 8.48. The second-order valence-corrected chi connectivity index (χ2v) is 6.54.